The summed E-state index contributed by atoms with van der Waals surface area (Å²) in [6, 6.07) is 15.7. The SMILES string of the molecule is COc1cccc2c1OC1(CCN(C(=O)N[C@@H](C)c3ccccc3)CC1)OC2. The number of fused-ring (bicyclic) bond motifs is 1. The highest BCUT2D eigenvalue weighted by atomic mass is 16.7. The number of urea groups is 1. The van der Waals surface area contributed by atoms with Gasteiger partial charge in [-0.2, -0.15) is 0 Å². The zero-order valence-corrected chi connectivity index (χ0v) is 16.3. The molecular formula is C22H26N2O4. The Hall–Kier alpha value is -2.73. The molecule has 4 rings (SSSR count). The Kier molecular flexibility index (Phi) is 5.13. The number of para-hydroxylation sites is 1. The summed E-state index contributed by atoms with van der Waals surface area (Å²) >= 11 is 0. The van der Waals surface area contributed by atoms with Gasteiger partial charge in [0.2, 0.25) is 5.79 Å². The number of carbonyl (C=O) groups excluding carboxylic acids is 1. The first kappa shape index (κ1) is 18.6. The summed E-state index contributed by atoms with van der Waals surface area (Å²) < 4.78 is 17.8. The van der Waals surface area contributed by atoms with E-state index in [2.05, 4.69) is 5.32 Å². The molecule has 0 radical (unpaired) electrons. The monoisotopic (exact) mass is 382 g/mol. The molecule has 0 saturated carbocycles. The van der Waals surface area contributed by atoms with Crippen molar-refractivity contribution in [2.24, 2.45) is 0 Å². The first-order valence-electron chi connectivity index (χ1n) is 9.69. The molecule has 2 amide bonds. The summed E-state index contributed by atoms with van der Waals surface area (Å²) in [6.07, 6.45) is 1.25. The van der Waals surface area contributed by atoms with Gasteiger partial charge >= 0.3 is 6.03 Å². The van der Waals surface area contributed by atoms with Crippen molar-refractivity contribution in [1.29, 1.82) is 0 Å². The van der Waals surface area contributed by atoms with E-state index in [9.17, 15) is 4.79 Å². The van der Waals surface area contributed by atoms with Gasteiger partial charge in [0.05, 0.1) is 19.8 Å². The first-order chi connectivity index (χ1) is 13.6. The number of piperidine rings is 1. The Balaban J connectivity index is 1.37. The Labute approximate surface area is 165 Å². The number of hydrogen-bond acceptors (Lipinski definition) is 4. The van der Waals surface area contributed by atoms with Gasteiger partial charge in [-0.1, -0.05) is 42.5 Å². The normalized spacial score (nSPS) is 18.7. The minimum Gasteiger partial charge on any atom is -0.493 e. The number of rotatable bonds is 3. The zero-order valence-electron chi connectivity index (χ0n) is 16.3. The smallest absolute Gasteiger partial charge is 0.317 e. The third-order valence-electron chi connectivity index (χ3n) is 5.51. The maximum atomic E-state index is 12.7. The van der Waals surface area contributed by atoms with Crippen LogP contribution in [0.3, 0.4) is 0 Å². The van der Waals surface area contributed by atoms with E-state index < -0.39 is 5.79 Å². The standard InChI is InChI=1S/C22H26N2O4/c1-16(17-7-4-3-5-8-17)23-21(25)24-13-11-22(12-14-24)27-15-18-9-6-10-19(26-2)20(18)28-22/h3-10,16H,11-15H2,1-2H3,(H,23,25)/t16-/m0/s1. The minimum atomic E-state index is -0.691. The van der Waals surface area contributed by atoms with Crippen LogP contribution in [-0.2, 0) is 11.3 Å². The van der Waals surface area contributed by atoms with Crippen LogP contribution in [0.5, 0.6) is 11.5 Å². The van der Waals surface area contributed by atoms with Crippen molar-refractivity contribution in [3.63, 3.8) is 0 Å². The summed E-state index contributed by atoms with van der Waals surface area (Å²) in [5.74, 6) is 0.785. The predicted octanol–water partition coefficient (Wildman–Crippen LogP) is 3.87. The summed E-state index contributed by atoms with van der Waals surface area (Å²) in [5.41, 5.74) is 2.08. The third-order valence-corrected chi connectivity index (χ3v) is 5.51. The fraction of sp³-hybridized carbons (Fsp3) is 0.409. The second kappa shape index (κ2) is 7.72. The first-order valence-corrected chi connectivity index (χ1v) is 9.69. The second-order valence-corrected chi connectivity index (χ2v) is 7.32. The zero-order chi connectivity index (χ0) is 19.6. The lowest BCUT2D eigenvalue weighted by molar-refractivity contribution is -0.225. The summed E-state index contributed by atoms with van der Waals surface area (Å²) in [5, 5.41) is 3.08. The summed E-state index contributed by atoms with van der Waals surface area (Å²) in [4.78, 5) is 14.5. The van der Waals surface area contributed by atoms with Crippen molar-refractivity contribution in [3.8, 4) is 11.5 Å². The topological polar surface area (TPSA) is 60.0 Å². The van der Waals surface area contributed by atoms with Crippen molar-refractivity contribution in [2.75, 3.05) is 20.2 Å². The molecule has 2 heterocycles. The van der Waals surface area contributed by atoms with Crippen molar-refractivity contribution in [1.82, 2.24) is 10.2 Å². The van der Waals surface area contributed by atoms with Gasteiger partial charge in [0.25, 0.3) is 0 Å². The van der Waals surface area contributed by atoms with Crippen LogP contribution in [0, 0.1) is 0 Å². The molecule has 0 bridgehead atoms. The van der Waals surface area contributed by atoms with Crippen molar-refractivity contribution < 1.29 is 19.0 Å². The van der Waals surface area contributed by atoms with Gasteiger partial charge in [0.15, 0.2) is 11.5 Å². The molecule has 2 aromatic rings. The van der Waals surface area contributed by atoms with E-state index in [0.717, 1.165) is 22.6 Å². The van der Waals surface area contributed by atoms with Crippen molar-refractivity contribution in [2.45, 2.75) is 38.2 Å². The fourth-order valence-corrected chi connectivity index (χ4v) is 3.77. The van der Waals surface area contributed by atoms with Gasteiger partial charge in [-0.05, 0) is 18.6 Å². The molecule has 6 nitrogen and oxygen atoms in total. The molecule has 2 aliphatic heterocycles. The van der Waals surface area contributed by atoms with Crippen LogP contribution in [0.15, 0.2) is 48.5 Å². The van der Waals surface area contributed by atoms with E-state index >= 15 is 0 Å². The molecule has 28 heavy (non-hydrogen) atoms. The molecule has 2 aliphatic rings. The second-order valence-electron chi connectivity index (χ2n) is 7.32. The number of carbonyl (C=O) groups is 1. The highest BCUT2D eigenvalue weighted by molar-refractivity contribution is 5.74. The highest BCUT2D eigenvalue weighted by Gasteiger charge is 2.42. The number of nitrogens with one attached hydrogen (secondary N) is 1. The number of likely N-dealkylation sites (tertiary alicyclic amines) is 1. The van der Waals surface area contributed by atoms with E-state index in [1.807, 2.05) is 60.4 Å². The van der Waals surface area contributed by atoms with Crippen LogP contribution < -0.4 is 14.8 Å². The van der Waals surface area contributed by atoms with Crippen LogP contribution in [0.2, 0.25) is 0 Å². The van der Waals surface area contributed by atoms with Gasteiger partial charge < -0.3 is 24.4 Å². The molecule has 0 aliphatic carbocycles. The van der Waals surface area contributed by atoms with E-state index in [1.54, 1.807) is 7.11 Å². The van der Waals surface area contributed by atoms with Gasteiger partial charge in [-0.3, -0.25) is 0 Å². The Morgan fingerprint density at radius 3 is 2.61 bits per heavy atom. The fourth-order valence-electron chi connectivity index (χ4n) is 3.77. The van der Waals surface area contributed by atoms with Crippen LogP contribution in [0.1, 0.15) is 36.9 Å². The van der Waals surface area contributed by atoms with E-state index in [4.69, 9.17) is 14.2 Å². The Morgan fingerprint density at radius 1 is 1.14 bits per heavy atom. The maximum absolute atomic E-state index is 12.7. The average molecular weight is 382 g/mol. The largest absolute Gasteiger partial charge is 0.493 e. The number of hydrogen-bond donors (Lipinski definition) is 1. The molecule has 148 valence electrons. The quantitative estimate of drug-likeness (QED) is 0.876. The van der Waals surface area contributed by atoms with Gasteiger partial charge in [0.1, 0.15) is 0 Å². The number of benzene rings is 2. The number of methoxy groups -OCH3 is 1. The molecule has 1 saturated heterocycles. The molecule has 1 fully saturated rings. The molecular weight excluding hydrogens is 356 g/mol. The third kappa shape index (κ3) is 3.64. The molecule has 0 unspecified atom stereocenters. The summed E-state index contributed by atoms with van der Waals surface area (Å²) in [7, 11) is 1.64. The molecule has 6 heteroatoms. The van der Waals surface area contributed by atoms with Crippen molar-refractivity contribution in [3.05, 3.63) is 59.7 Å². The van der Waals surface area contributed by atoms with Crippen molar-refractivity contribution >= 4 is 6.03 Å². The molecule has 1 N–H and O–H groups in total. The maximum Gasteiger partial charge on any atom is 0.317 e. The highest BCUT2D eigenvalue weighted by Crippen LogP contribution is 2.42. The van der Waals surface area contributed by atoms with Crippen LogP contribution >= 0.6 is 0 Å². The average Bonchev–Trinajstić information content (AvgIpc) is 2.74. The number of amides is 2. The Morgan fingerprint density at radius 2 is 1.89 bits per heavy atom. The molecule has 1 atom stereocenters. The molecule has 1 spiro atoms. The van der Waals surface area contributed by atoms with E-state index in [-0.39, 0.29) is 12.1 Å². The lowest BCUT2D eigenvalue weighted by Gasteiger charge is -2.44. The lowest BCUT2D eigenvalue weighted by Crippen LogP contribution is -2.54. The predicted molar refractivity (Wildman–Crippen MR) is 105 cm³/mol. The van der Waals surface area contributed by atoms with Gasteiger partial charge in [-0.15, -0.1) is 0 Å². The molecule has 2 aromatic carbocycles. The van der Waals surface area contributed by atoms with Crippen LogP contribution in [0.4, 0.5) is 4.79 Å². The van der Waals surface area contributed by atoms with E-state index in [0.29, 0.717) is 32.5 Å². The van der Waals surface area contributed by atoms with Crippen LogP contribution in [0.25, 0.3) is 0 Å². The van der Waals surface area contributed by atoms with E-state index in [1.165, 1.54) is 0 Å². The molecule has 0 aromatic heterocycles. The van der Waals surface area contributed by atoms with Crippen LogP contribution in [-0.4, -0.2) is 36.9 Å². The number of ether oxygens (including phenoxy) is 3. The lowest BCUT2D eigenvalue weighted by atomic mass is 10.0. The van der Waals surface area contributed by atoms with Gasteiger partial charge in [0, 0.05) is 31.5 Å². The Bertz CT molecular complexity index is 817. The summed E-state index contributed by atoms with van der Waals surface area (Å²) in [6.45, 7) is 3.65. The van der Waals surface area contributed by atoms with Gasteiger partial charge in [-0.25, -0.2) is 4.79 Å². The minimum absolute atomic E-state index is 0.0390. The number of nitrogens with zero attached hydrogens (tertiary/aromatic N) is 1.